The van der Waals surface area contributed by atoms with Gasteiger partial charge < -0.3 is 19.5 Å². The zero-order valence-corrected chi connectivity index (χ0v) is 15.3. The molecule has 3 rings (SSSR count). The summed E-state index contributed by atoms with van der Waals surface area (Å²) >= 11 is 0. The molecule has 0 saturated carbocycles. The molecule has 8 nitrogen and oxygen atoms in total. The Bertz CT molecular complexity index is 886. The first-order valence-corrected chi connectivity index (χ1v) is 9.87. The van der Waals surface area contributed by atoms with Gasteiger partial charge in [0, 0.05) is 19.2 Å². The number of hydrogen-bond donors (Lipinski definition) is 2. The van der Waals surface area contributed by atoms with Gasteiger partial charge in [-0.2, -0.15) is 0 Å². The van der Waals surface area contributed by atoms with E-state index in [0.29, 0.717) is 30.5 Å². The Balaban J connectivity index is 1.43. The number of nitrogens with one attached hydrogen (secondary N) is 2. The molecule has 0 aromatic heterocycles. The molecule has 27 heavy (non-hydrogen) atoms. The second kappa shape index (κ2) is 8.74. The summed E-state index contributed by atoms with van der Waals surface area (Å²) in [5, 5.41) is 2.59. The summed E-state index contributed by atoms with van der Waals surface area (Å²) in [6.07, 6.45) is 0. The van der Waals surface area contributed by atoms with Crippen LogP contribution in [0.3, 0.4) is 0 Å². The molecule has 1 aliphatic rings. The summed E-state index contributed by atoms with van der Waals surface area (Å²) in [5.74, 6) is 1.17. The Labute approximate surface area is 157 Å². The van der Waals surface area contributed by atoms with Crippen molar-refractivity contribution in [3.05, 3.63) is 48.5 Å². The van der Waals surface area contributed by atoms with E-state index in [1.54, 1.807) is 30.3 Å². The molecule has 0 unspecified atom stereocenters. The number of para-hydroxylation sites is 1. The first-order chi connectivity index (χ1) is 13.0. The molecule has 0 saturated heterocycles. The van der Waals surface area contributed by atoms with Crippen molar-refractivity contribution in [3.8, 4) is 17.2 Å². The molecule has 0 spiro atoms. The molecule has 9 heteroatoms. The summed E-state index contributed by atoms with van der Waals surface area (Å²) in [6.45, 7) is 0.861. The molecular weight excluding hydrogens is 372 g/mol. The van der Waals surface area contributed by atoms with E-state index >= 15 is 0 Å². The van der Waals surface area contributed by atoms with Crippen molar-refractivity contribution in [1.82, 2.24) is 10.0 Å². The first kappa shape index (κ1) is 19.0. The van der Waals surface area contributed by atoms with Crippen LogP contribution in [0.1, 0.15) is 0 Å². The van der Waals surface area contributed by atoms with Gasteiger partial charge in [-0.3, -0.25) is 4.79 Å². The van der Waals surface area contributed by atoms with Gasteiger partial charge in [-0.15, -0.1) is 0 Å². The molecule has 0 fully saturated rings. The maximum absolute atomic E-state index is 12.3. The standard InChI is InChI=1S/C18H20N2O6S/c21-18(13-26-14-4-2-1-3-5-14)19-8-9-20-27(22,23)15-6-7-16-17(12-15)25-11-10-24-16/h1-7,12,20H,8-11,13H2,(H,19,21). The van der Waals surface area contributed by atoms with Crippen LogP contribution >= 0.6 is 0 Å². The van der Waals surface area contributed by atoms with Crippen LogP contribution in [0.4, 0.5) is 0 Å². The van der Waals surface area contributed by atoms with Gasteiger partial charge >= 0.3 is 0 Å². The van der Waals surface area contributed by atoms with Gasteiger partial charge in [-0.25, -0.2) is 13.1 Å². The minimum Gasteiger partial charge on any atom is -0.486 e. The van der Waals surface area contributed by atoms with Crippen LogP contribution in [0.2, 0.25) is 0 Å². The third kappa shape index (κ3) is 5.35. The van der Waals surface area contributed by atoms with Crippen LogP contribution in [-0.2, 0) is 14.8 Å². The molecule has 1 aliphatic heterocycles. The predicted molar refractivity (Wildman–Crippen MR) is 97.6 cm³/mol. The SMILES string of the molecule is O=C(COc1ccccc1)NCCNS(=O)(=O)c1ccc2c(c1)OCCO2. The molecule has 0 radical (unpaired) electrons. The lowest BCUT2D eigenvalue weighted by molar-refractivity contribution is -0.123. The number of hydrogen-bond acceptors (Lipinski definition) is 6. The van der Waals surface area contributed by atoms with Crippen LogP contribution in [0.15, 0.2) is 53.4 Å². The number of fused-ring (bicyclic) bond motifs is 1. The number of sulfonamides is 1. The molecule has 1 heterocycles. The van der Waals surface area contributed by atoms with Crippen LogP contribution in [0.5, 0.6) is 17.2 Å². The second-order valence-corrected chi connectivity index (χ2v) is 7.42. The van der Waals surface area contributed by atoms with Gasteiger partial charge in [0.05, 0.1) is 4.90 Å². The fourth-order valence-corrected chi connectivity index (χ4v) is 3.42. The summed E-state index contributed by atoms with van der Waals surface area (Å²) in [5.41, 5.74) is 0. The average molecular weight is 392 g/mol. The van der Waals surface area contributed by atoms with E-state index in [-0.39, 0.29) is 30.5 Å². The molecule has 0 atom stereocenters. The fraction of sp³-hybridized carbons (Fsp3) is 0.278. The molecule has 0 bridgehead atoms. The Morgan fingerprint density at radius 1 is 1.00 bits per heavy atom. The van der Waals surface area contributed by atoms with E-state index in [9.17, 15) is 13.2 Å². The van der Waals surface area contributed by atoms with E-state index in [2.05, 4.69) is 10.0 Å². The minimum atomic E-state index is -3.72. The largest absolute Gasteiger partial charge is 0.486 e. The number of carbonyl (C=O) groups is 1. The molecule has 1 amide bonds. The summed E-state index contributed by atoms with van der Waals surface area (Å²) in [6, 6.07) is 13.4. The first-order valence-electron chi connectivity index (χ1n) is 8.38. The van der Waals surface area contributed by atoms with E-state index in [4.69, 9.17) is 14.2 Å². The van der Waals surface area contributed by atoms with E-state index in [0.717, 1.165) is 0 Å². The molecule has 0 aliphatic carbocycles. The Kier molecular flexibility index (Phi) is 6.15. The lowest BCUT2D eigenvalue weighted by atomic mass is 10.3. The van der Waals surface area contributed by atoms with Crippen molar-refractivity contribution < 1.29 is 27.4 Å². The molecule has 2 N–H and O–H groups in total. The number of carbonyl (C=O) groups excluding carboxylic acids is 1. The van der Waals surface area contributed by atoms with Crippen molar-refractivity contribution in [3.63, 3.8) is 0 Å². The Morgan fingerprint density at radius 2 is 1.74 bits per heavy atom. The van der Waals surface area contributed by atoms with Crippen molar-refractivity contribution in [1.29, 1.82) is 0 Å². The Hall–Kier alpha value is -2.78. The van der Waals surface area contributed by atoms with Crippen molar-refractivity contribution >= 4 is 15.9 Å². The highest BCUT2D eigenvalue weighted by atomic mass is 32.2. The van der Waals surface area contributed by atoms with Gasteiger partial charge in [0.1, 0.15) is 19.0 Å². The highest BCUT2D eigenvalue weighted by molar-refractivity contribution is 7.89. The topological polar surface area (TPSA) is 103 Å². The maximum atomic E-state index is 12.3. The van der Waals surface area contributed by atoms with E-state index in [1.807, 2.05) is 6.07 Å². The van der Waals surface area contributed by atoms with Crippen molar-refractivity contribution in [2.45, 2.75) is 4.90 Å². The van der Waals surface area contributed by atoms with Gasteiger partial charge in [0.2, 0.25) is 10.0 Å². The fourth-order valence-electron chi connectivity index (χ4n) is 2.38. The zero-order chi connectivity index (χ0) is 19.1. The monoisotopic (exact) mass is 392 g/mol. The number of amides is 1. The highest BCUT2D eigenvalue weighted by Gasteiger charge is 2.19. The van der Waals surface area contributed by atoms with E-state index < -0.39 is 10.0 Å². The van der Waals surface area contributed by atoms with Crippen LogP contribution < -0.4 is 24.2 Å². The summed E-state index contributed by atoms with van der Waals surface area (Å²) in [4.78, 5) is 11.8. The lowest BCUT2D eigenvalue weighted by Gasteiger charge is -2.19. The van der Waals surface area contributed by atoms with Crippen LogP contribution in [-0.4, -0.2) is 47.2 Å². The van der Waals surface area contributed by atoms with Gasteiger partial charge in [-0.1, -0.05) is 18.2 Å². The summed E-state index contributed by atoms with van der Waals surface area (Å²) < 4.78 is 43.2. The number of ether oxygens (including phenoxy) is 3. The predicted octanol–water partition coefficient (Wildman–Crippen LogP) is 0.931. The van der Waals surface area contributed by atoms with Crippen molar-refractivity contribution in [2.75, 3.05) is 32.9 Å². The number of benzene rings is 2. The van der Waals surface area contributed by atoms with Gasteiger partial charge in [-0.05, 0) is 24.3 Å². The maximum Gasteiger partial charge on any atom is 0.257 e. The Morgan fingerprint density at radius 3 is 2.52 bits per heavy atom. The van der Waals surface area contributed by atoms with E-state index in [1.165, 1.54) is 12.1 Å². The lowest BCUT2D eigenvalue weighted by Crippen LogP contribution is -2.36. The smallest absolute Gasteiger partial charge is 0.257 e. The van der Waals surface area contributed by atoms with Crippen LogP contribution in [0.25, 0.3) is 0 Å². The van der Waals surface area contributed by atoms with Gasteiger partial charge in [0.25, 0.3) is 5.91 Å². The minimum absolute atomic E-state index is 0.0495. The normalized spacial score (nSPS) is 13.0. The second-order valence-electron chi connectivity index (χ2n) is 5.65. The average Bonchev–Trinajstić information content (AvgIpc) is 2.70. The third-order valence-corrected chi connectivity index (χ3v) is 5.14. The highest BCUT2D eigenvalue weighted by Crippen LogP contribution is 2.32. The molecule has 2 aromatic rings. The summed E-state index contributed by atoms with van der Waals surface area (Å²) in [7, 11) is -3.72. The third-order valence-electron chi connectivity index (χ3n) is 3.68. The molecule has 144 valence electrons. The number of rotatable bonds is 8. The molecular formula is C18H20N2O6S. The van der Waals surface area contributed by atoms with Crippen LogP contribution in [0, 0.1) is 0 Å². The van der Waals surface area contributed by atoms with Crippen molar-refractivity contribution in [2.24, 2.45) is 0 Å². The zero-order valence-electron chi connectivity index (χ0n) is 14.5. The van der Waals surface area contributed by atoms with Gasteiger partial charge in [0.15, 0.2) is 18.1 Å². The quantitative estimate of drug-likeness (QED) is 0.648. The molecule has 2 aromatic carbocycles.